The third-order valence-electron chi connectivity index (χ3n) is 9.64. The van der Waals surface area contributed by atoms with Gasteiger partial charge in [-0.05, 0) is 79.2 Å². The average Bonchev–Trinajstić information content (AvgIpc) is 3.18. The Morgan fingerprint density at radius 3 is 2.13 bits per heavy atom. The van der Waals surface area contributed by atoms with Crippen LogP contribution in [0.5, 0.6) is 11.6 Å². The minimum Gasteiger partial charge on any atom is -0.507 e. The fraction of sp³-hybridized carbons (Fsp3) is 0.0930. The van der Waals surface area contributed by atoms with Crippen molar-refractivity contribution in [3.05, 3.63) is 141 Å². The predicted octanol–water partition coefficient (Wildman–Crippen LogP) is 8.30. The molecular weight excluding hydrogens is 700 g/mol. The lowest BCUT2D eigenvalue weighted by Gasteiger charge is -2.21. The number of fused-ring (bicyclic) bond motifs is 4. The number of aryl methyl sites for hydroxylation is 1. The number of phenolic OH excluding ortho intramolecular Hbond substituents is 1. The summed E-state index contributed by atoms with van der Waals surface area (Å²) in [6.45, 7) is 1.91. The molecule has 12 nitrogen and oxygen atoms in total. The summed E-state index contributed by atoms with van der Waals surface area (Å²) >= 11 is 0. The van der Waals surface area contributed by atoms with Crippen molar-refractivity contribution in [2.45, 2.75) is 20.0 Å². The maximum absolute atomic E-state index is 13.8. The molecule has 3 heterocycles. The van der Waals surface area contributed by atoms with E-state index in [-0.39, 0.29) is 57.9 Å². The molecule has 0 radical (unpaired) electrons. The average molecular weight is 733 g/mol. The molecule has 8 rings (SSSR count). The van der Waals surface area contributed by atoms with Gasteiger partial charge in [0.2, 0.25) is 5.88 Å². The topological polar surface area (TPSA) is 184 Å². The number of aromatic hydroxyl groups is 1. The molecule has 0 saturated carbocycles. The van der Waals surface area contributed by atoms with Crippen molar-refractivity contribution in [1.82, 2.24) is 9.97 Å². The van der Waals surface area contributed by atoms with Gasteiger partial charge in [-0.1, -0.05) is 30.3 Å². The van der Waals surface area contributed by atoms with Gasteiger partial charge in [0.15, 0.2) is 5.43 Å². The highest BCUT2D eigenvalue weighted by Gasteiger charge is 2.27. The van der Waals surface area contributed by atoms with Crippen LogP contribution >= 0.6 is 0 Å². The summed E-state index contributed by atoms with van der Waals surface area (Å²) in [5.74, 6) is -2.11. The second-order valence-electron chi connectivity index (χ2n) is 13.0. The summed E-state index contributed by atoms with van der Waals surface area (Å²) in [4.78, 5) is 48.0. The normalized spacial score (nSPS) is 11.3. The number of carbonyl (C=O) groups is 2. The van der Waals surface area contributed by atoms with Gasteiger partial charge in [-0.3, -0.25) is 9.78 Å². The van der Waals surface area contributed by atoms with E-state index >= 15 is 0 Å². The number of rotatable bonds is 10. The minimum atomic E-state index is -1.28. The van der Waals surface area contributed by atoms with Crippen molar-refractivity contribution in [3.8, 4) is 34.1 Å². The van der Waals surface area contributed by atoms with Crippen LogP contribution in [-0.4, -0.2) is 44.3 Å². The maximum atomic E-state index is 13.8. The number of ether oxygens (including phenoxy) is 1. The van der Waals surface area contributed by atoms with Crippen LogP contribution in [0.1, 0.15) is 37.5 Å². The Morgan fingerprint density at radius 2 is 1.44 bits per heavy atom. The van der Waals surface area contributed by atoms with E-state index in [0.29, 0.717) is 44.8 Å². The molecule has 0 amide bonds. The van der Waals surface area contributed by atoms with Crippen molar-refractivity contribution in [1.29, 1.82) is 0 Å². The SMILES string of the molecule is COc1ccc2cccc(NCc3c4oc5c(CNc6cccc7ccc(C)nc67)c(O)ccc5c(-c5cc(C(=O)O)ccc5C(=O)O)c-4ccc3=O)c2n1. The van der Waals surface area contributed by atoms with E-state index in [0.717, 1.165) is 22.0 Å². The van der Waals surface area contributed by atoms with Crippen molar-refractivity contribution >= 4 is 56.1 Å². The van der Waals surface area contributed by atoms with Crippen LogP contribution in [0.15, 0.2) is 112 Å². The molecule has 1 aliphatic heterocycles. The standard InChI is InChI=1S/C43H32N4O8/c1-22-9-10-23-5-3-7-32(38(23)46-22)44-20-30-34(48)16-14-27-37(29-19-25(42(50)51)11-13-26(29)43(52)53)28-15-17-35(49)31(41(28)55-40(27)30)21-45-33-8-4-6-24-12-18-36(54-2)47-39(24)33/h3-19,44-45,48H,20-21H2,1-2H3,(H,50,51)(H,52,53). The Labute approximate surface area is 312 Å². The van der Waals surface area contributed by atoms with Crippen molar-refractivity contribution < 1.29 is 34.1 Å². The van der Waals surface area contributed by atoms with E-state index in [1.807, 2.05) is 61.5 Å². The zero-order chi connectivity index (χ0) is 38.4. The van der Waals surface area contributed by atoms with Crippen LogP contribution in [0.2, 0.25) is 0 Å². The Kier molecular flexibility index (Phi) is 8.70. The number of aromatic carboxylic acids is 2. The van der Waals surface area contributed by atoms with Crippen LogP contribution in [0, 0.1) is 6.92 Å². The molecule has 0 spiro atoms. The van der Waals surface area contributed by atoms with E-state index in [1.165, 1.54) is 43.5 Å². The van der Waals surface area contributed by atoms with Crippen LogP contribution in [0.4, 0.5) is 11.4 Å². The number of hydrogen-bond donors (Lipinski definition) is 5. The number of benzene rings is 5. The van der Waals surface area contributed by atoms with E-state index < -0.39 is 11.9 Å². The largest absolute Gasteiger partial charge is 0.507 e. The second-order valence-corrected chi connectivity index (χ2v) is 13.0. The summed E-state index contributed by atoms with van der Waals surface area (Å²) < 4.78 is 12.0. The number of nitrogens with zero attached hydrogens (tertiary/aromatic N) is 2. The zero-order valence-corrected chi connectivity index (χ0v) is 29.5. The zero-order valence-electron chi connectivity index (χ0n) is 29.5. The van der Waals surface area contributed by atoms with Gasteiger partial charge in [0.1, 0.15) is 17.1 Å². The van der Waals surface area contributed by atoms with Gasteiger partial charge in [0.05, 0.1) is 51.8 Å². The number of methoxy groups -OCH3 is 1. The van der Waals surface area contributed by atoms with E-state index in [9.17, 15) is 29.7 Å². The smallest absolute Gasteiger partial charge is 0.336 e. The molecule has 12 heteroatoms. The third-order valence-corrected chi connectivity index (χ3v) is 9.64. The number of carboxylic acid groups (broad SMARTS) is 2. The van der Waals surface area contributed by atoms with Gasteiger partial charge in [0.25, 0.3) is 0 Å². The Morgan fingerprint density at radius 1 is 0.745 bits per heavy atom. The molecule has 2 aromatic heterocycles. The van der Waals surface area contributed by atoms with Crippen LogP contribution in [-0.2, 0) is 13.1 Å². The maximum Gasteiger partial charge on any atom is 0.336 e. The third kappa shape index (κ3) is 6.25. The summed E-state index contributed by atoms with van der Waals surface area (Å²) in [5, 5.41) is 40.5. The number of anilines is 2. The van der Waals surface area contributed by atoms with Gasteiger partial charge >= 0.3 is 11.9 Å². The number of para-hydroxylation sites is 2. The highest BCUT2D eigenvalue weighted by molar-refractivity contribution is 6.10. The molecule has 0 fully saturated rings. The predicted molar refractivity (Wildman–Crippen MR) is 210 cm³/mol. The molecule has 0 bridgehead atoms. The lowest BCUT2D eigenvalue weighted by molar-refractivity contribution is 0.0682. The molecule has 0 unspecified atom stereocenters. The van der Waals surface area contributed by atoms with Gasteiger partial charge in [-0.15, -0.1) is 0 Å². The molecule has 0 saturated heterocycles. The summed E-state index contributed by atoms with van der Waals surface area (Å²) in [5.41, 5.74) is 4.31. The first-order valence-electron chi connectivity index (χ1n) is 17.2. The minimum absolute atomic E-state index is 0.0308. The van der Waals surface area contributed by atoms with Crippen LogP contribution in [0.3, 0.4) is 0 Å². The number of hydrogen-bond acceptors (Lipinski definition) is 10. The van der Waals surface area contributed by atoms with E-state index in [4.69, 9.17) is 14.1 Å². The number of pyridine rings is 2. The molecule has 4 aromatic carbocycles. The molecule has 5 N–H and O–H groups in total. The highest BCUT2D eigenvalue weighted by atomic mass is 16.5. The first kappa shape index (κ1) is 34.6. The van der Waals surface area contributed by atoms with Crippen LogP contribution < -0.4 is 20.8 Å². The second kappa shape index (κ2) is 13.8. The molecule has 1 aliphatic carbocycles. The molecule has 55 heavy (non-hydrogen) atoms. The molecule has 6 aromatic rings. The Hall–Kier alpha value is -7.47. The molecule has 2 aliphatic rings. The number of nitrogens with one attached hydrogen (secondary N) is 2. The van der Waals surface area contributed by atoms with Crippen LogP contribution in [0.25, 0.3) is 55.2 Å². The fourth-order valence-electron chi connectivity index (χ4n) is 6.94. The molecule has 0 atom stereocenters. The van der Waals surface area contributed by atoms with E-state index in [1.54, 1.807) is 12.1 Å². The molecule has 272 valence electrons. The van der Waals surface area contributed by atoms with Crippen molar-refractivity contribution in [3.63, 3.8) is 0 Å². The first-order chi connectivity index (χ1) is 26.6. The van der Waals surface area contributed by atoms with Gasteiger partial charge < -0.3 is 35.1 Å². The summed E-state index contributed by atoms with van der Waals surface area (Å²) in [7, 11) is 1.52. The Bertz CT molecular complexity index is 2890. The monoisotopic (exact) mass is 732 g/mol. The fourth-order valence-corrected chi connectivity index (χ4v) is 6.94. The van der Waals surface area contributed by atoms with Crippen molar-refractivity contribution in [2.75, 3.05) is 17.7 Å². The lowest BCUT2D eigenvalue weighted by Crippen LogP contribution is -2.15. The molecular formula is C43H32N4O8. The van der Waals surface area contributed by atoms with Gasteiger partial charge in [-0.2, -0.15) is 0 Å². The number of carboxylic acids is 2. The van der Waals surface area contributed by atoms with Gasteiger partial charge in [0, 0.05) is 52.1 Å². The summed E-state index contributed by atoms with van der Waals surface area (Å²) in [6, 6.07) is 28.6. The highest BCUT2D eigenvalue weighted by Crippen LogP contribution is 2.45. The number of aromatic nitrogens is 2. The quantitative estimate of drug-likeness (QED) is 0.0849. The van der Waals surface area contributed by atoms with Gasteiger partial charge in [-0.25, -0.2) is 14.6 Å². The lowest BCUT2D eigenvalue weighted by atomic mass is 9.87. The first-order valence-corrected chi connectivity index (χ1v) is 17.2. The van der Waals surface area contributed by atoms with Crippen molar-refractivity contribution in [2.24, 2.45) is 0 Å². The summed E-state index contributed by atoms with van der Waals surface area (Å²) in [6.07, 6.45) is 0. The Balaban J connectivity index is 1.35. The number of phenols is 1. The van der Waals surface area contributed by atoms with E-state index in [2.05, 4.69) is 15.6 Å².